The van der Waals surface area contributed by atoms with Crippen molar-refractivity contribution < 1.29 is 23.5 Å². The highest BCUT2D eigenvalue weighted by molar-refractivity contribution is 6.31. The molecule has 5 rings (SSSR count). The fourth-order valence-electron chi connectivity index (χ4n) is 4.40. The molecule has 1 aromatic heterocycles. The average Bonchev–Trinajstić information content (AvgIpc) is 3.65. The highest BCUT2D eigenvalue weighted by atomic mass is 35.5. The maximum atomic E-state index is 13.6. The molecule has 2 fully saturated rings. The van der Waals surface area contributed by atoms with Gasteiger partial charge in [0.1, 0.15) is 29.8 Å². The minimum atomic E-state index is -0.524. The monoisotopic (exact) mass is 551 g/mol. The van der Waals surface area contributed by atoms with E-state index in [2.05, 4.69) is 32.4 Å². The lowest BCUT2D eigenvalue weighted by Gasteiger charge is -2.19. The Morgan fingerprint density at radius 2 is 2.05 bits per heavy atom. The van der Waals surface area contributed by atoms with Crippen molar-refractivity contribution in [2.75, 3.05) is 37.4 Å². The molecular weight excluding hydrogens is 525 g/mol. The van der Waals surface area contributed by atoms with Crippen LogP contribution in [-0.2, 0) is 14.3 Å². The third-order valence-corrected chi connectivity index (χ3v) is 6.95. The molecule has 1 atom stereocenters. The Bertz CT molecular complexity index is 1470. The molecule has 202 valence electrons. The number of hydrogen-bond donors (Lipinski definition) is 2. The van der Waals surface area contributed by atoms with Gasteiger partial charge < -0.3 is 20.1 Å². The van der Waals surface area contributed by atoms with Crippen LogP contribution in [0.25, 0.3) is 10.9 Å². The number of halogens is 2. The zero-order chi connectivity index (χ0) is 27.4. The minimum absolute atomic E-state index is 0.0208. The first-order chi connectivity index (χ1) is 18.9. The number of carbonyl (C=O) groups excluding carboxylic acids is 2. The lowest BCUT2D eigenvalue weighted by molar-refractivity contribution is -0.145. The lowest BCUT2D eigenvalue weighted by Crippen LogP contribution is -2.37. The van der Waals surface area contributed by atoms with Crippen molar-refractivity contribution in [3.05, 3.63) is 47.5 Å². The molecule has 2 heterocycles. The van der Waals surface area contributed by atoms with E-state index in [0.717, 1.165) is 25.8 Å². The van der Waals surface area contributed by atoms with Gasteiger partial charge in [0.2, 0.25) is 0 Å². The third-order valence-electron chi connectivity index (χ3n) is 6.66. The molecule has 2 N–H and O–H groups in total. The van der Waals surface area contributed by atoms with Crippen molar-refractivity contribution >= 4 is 51.6 Å². The first kappa shape index (κ1) is 26.7. The summed E-state index contributed by atoms with van der Waals surface area (Å²) in [7, 11) is 1.37. The Balaban J connectivity index is 1.37. The van der Waals surface area contributed by atoms with E-state index in [0.29, 0.717) is 52.8 Å². The van der Waals surface area contributed by atoms with E-state index in [1.165, 1.54) is 25.6 Å². The Morgan fingerprint density at radius 3 is 2.82 bits per heavy atom. The number of hydrogen-bond acceptors (Lipinski definition) is 8. The number of anilines is 3. The van der Waals surface area contributed by atoms with Crippen LogP contribution in [0.5, 0.6) is 5.75 Å². The van der Waals surface area contributed by atoms with Crippen LogP contribution in [0.15, 0.2) is 36.7 Å². The second kappa shape index (κ2) is 11.8. The number of rotatable bonds is 8. The van der Waals surface area contributed by atoms with Crippen LogP contribution < -0.4 is 15.4 Å². The molecule has 9 nitrogen and oxygen atoms in total. The molecule has 1 aliphatic heterocycles. The van der Waals surface area contributed by atoms with Crippen LogP contribution in [0.1, 0.15) is 25.7 Å². The Morgan fingerprint density at radius 1 is 1.21 bits per heavy atom. The number of methoxy groups -OCH3 is 1. The lowest BCUT2D eigenvalue weighted by atomic mass is 10.1. The van der Waals surface area contributed by atoms with Gasteiger partial charge in [-0.2, -0.15) is 0 Å². The van der Waals surface area contributed by atoms with Crippen LogP contribution >= 0.6 is 11.6 Å². The number of aromatic nitrogens is 2. The molecule has 1 amide bonds. The average molecular weight is 552 g/mol. The van der Waals surface area contributed by atoms with E-state index in [-0.39, 0.29) is 23.6 Å². The van der Waals surface area contributed by atoms with Crippen molar-refractivity contribution in [3.8, 4) is 17.6 Å². The Kier molecular flexibility index (Phi) is 8.10. The number of carbonyl (C=O) groups is 2. The van der Waals surface area contributed by atoms with Crippen molar-refractivity contribution in [2.24, 2.45) is 5.92 Å². The maximum absolute atomic E-state index is 13.6. The zero-order valence-corrected chi connectivity index (χ0v) is 22.1. The first-order valence-electron chi connectivity index (χ1n) is 12.7. The van der Waals surface area contributed by atoms with Gasteiger partial charge in [-0.3, -0.25) is 14.5 Å². The normalized spacial score (nSPS) is 16.8. The fraction of sp³-hybridized carbons (Fsp3) is 0.357. The highest BCUT2D eigenvalue weighted by Crippen LogP contribution is 2.36. The summed E-state index contributed by atoms with van der Waals surface area (Å²) in [5.74, 6) is 5.56. The number of amides is 1. The topological polar surface area (TPSA) is 106 Å². The molecule has 3 aromatic rings. The van der Waals surface area contributed by atoms with Crippen molar-refractivity contribution in [1.82, 2.24) is 14.9 Å². The summed E-state index contributed by atoms with van der Waals surface area (Å²) in [5.41, 5.74) is 1.56. The molecule has 11 heteroatoms. The molecule has 0 bridgehead atoms. The Labute approximate surface area is 230 Å². The number of esters is 1. The summed E-state index contributed by atoms with van der Waals surface area (Å²) in [5, 5.41) is 6.54. The number of likely N-dealkylation sites (tertiary alicyclic amines) is 1. The van der Waals surface area contributed by atoms with Gasteiger partial charge in [0.15, 0.2) is 0 Å². The summed E-state index contributed by atoms with van der Waals surface area (Å²) in [4.78, 5) is 35.3. The van der Waals surface area contributed by atoms with Gasteiger partial charge in [0.05, 0.1) is 36.5 Å². The van der Waals surface area contributed by atoms with Crippen molar-refractivity contribution in [3.63, 3.8) is 0 Å². The van der Waals surface area contributed by atoms with E-state index < -0.39 is 11.7 Å². The molecule has 39 heavy (non-hydrogen) atoms. The van der Waals surface area contributed by atoms with Gasteiger partial charge in [-0.1, -0.05) is 17.5 Å². The summed E-state index contributed by atoms with van der Waals surface area (Å²) in [6.45, 7) is 1.53. The second-order valence-electron chi connectivity index (χ2n) is 9.50. The predicted octanol–water partition coefficient (Wildman–Crippen LogP) is 4.53. The van der Waals surface area contributed by atoms with Crippen molar-refractivity contribution in [2.45, 2.75) is 31.7 Å². The van der Waals surface area contributed by atoms with Gasteiger partial charge in [-0.25, -0.2) is 14.4 Å². The van der Waals surface area contributed by atoms with Gasteiger partial charge in [-0.05, 0) is 61.8 Å². The smallest absolute Gasteiger partial charge is 0.323 e. The zero-order valence-electron chi connectivity index (χ0n) is 21.3. The molecule has 0 spiro atoms. The van der Waals surface area contributed by atoms with Gasteiger partial charge >= 0.3 is 5.97 Å². The highest BCUT2D eigenvalue weighted by Gasteiger charge is 2.30. The van der Waals surface area contributed by atoms with Crippen LogP contribution in [0.4, 0.5) is 21.6 Å². The van der Waals surface area contributed by atoms with E-state index in [1.54, 1.807) is 18.2 Å². The minimum Gasteiger partial charge on any atom is -0.491 e. The standard InChI is InChI=1S/C28H27ClFN5O4/c1-38-28(37)24-4-2-10-35(24)11-3-5-26(36)34-23-13-19-22(14-25(23)39-15-17-6-7-17)31-16-32-27(19)33-18-8-9-21(30)20(29)12-18/h8-9,12-14,16-17,24H,2,4,6-7,10-11,15H2,1H3,(H,34,36)(H,31,32,33). The number of ether oxygens (including phenoxy) is 2. The van der Waals surface area contributed by atoms with Crippen LogP contribution in [0, 0.1) is 23.6 Å². The molecule has 1 aliphatic carbocycles. The molecule has 2 aromatic carbocycles. The first-order valence-corrected chi connectivity index (χ1v) is 13.0. The van der Waals surface area contributed by atoms with Crippen LogP contribution in [0.2, 0.25) is 5.02 Å². The fourth-order valence-corrected chi connectivity index (χ4v) is 4.58. The van der Waals surface area contributed by atoms with Gasteiger partial charge in [0, 0.05) is 23.7 Å². The molecule has 1 saturated heterocycles. The molecule has 0 radical (unpaired) electrons. The molecular formula is C28H27ClFN5O4. The van der Waals surface area contributed by atoms with E-state index in [9.17, 15) is 14.0 Å². The SMILES string of the molecule is COC(=O)C1CCCN1CC#CC(=O)Nc1cc2c(Nc3ccc(F)c(Cl)c3)ncnc2cc1OCC1CC1. The summed E-state index contributed by atoms with van der Waals surface area (Å²) < 4.78 is 24.5. The van der Waals surface area contributed by atoms with Gasteiger partial charge in [-0.15, -0.1) is 0 Å². The van der Waals surface area contributed by atoms with Gasteiger partial charge in [0.25, 0.3) is 5.91 Å². The molecule has 2 aliphatic rings. The van der Waals surface area contributed by atoms with Crippen LogP contribution in [-0.4, -0.2) is 59.6 Å². The number of benzene rings is 2. The maximum Gasteiger partial charge on any atom is 0.323 e. The van der Waals surface area contributed by atoms with Crippen molar-refractivity contribution in [1.29, 1.82) is 0 Å². The van der Waals surface area contributed by atoms with E-state index >= 15 is 0 Å². The summed E-state index contributed by atoms with van der Waals surface area (Å²) in [6.07, 6.45) is 5.21. The summed E-state index contributed by atoms with van der Waals surface area (Å²) in [6, 6.07) is 7.40. The third kappa shape index (κ3) is 6.56. The molecule has 1 unspecified atom stereocenters. The number of fused-ring (bicyclic) bond motifs is 1. The second-order valence-corrected chi connectivity index (χ2v) is 9.91. The largest absolute Gasteiger partial charge is 0.491 e. The van der Waals surface area contributed by atoms with E-state index in [4.69, 9.17) is 21.1 Å². The van der Waals surface area contributed by atoms with E-state index in [1.807, 2.05) is 4.90 Å². The number of nitrogens with zero attached hydrogens (tertiary/aromatic N) is 3. The predicted molar refractivity (Wildman–Crippen MR) is 145 cm³/mol. The quantitative estimate of drug-likeness (QED) is 0.311. The van der Waals surface area contributed by atoms with Crippen LogP contribution in [0.3, 0.4) is 0 Å². The summed E-state index contributed by atoms with van der Waals surface area (Å²) >= 11 is 5.93. The Hall–Kier alpha value is -3.94. The molecule has 1 saturated carbocycles. The number of nitrogens with one attached hydrogen (secondary N) is 2.